The Kier molecular flexibility index (Phi) is 2.61. The van der Waals surface area contributed by atoms with Gasteiger partial charge in [0.25, 0.3) is 0 Å². The lowest BCUT2D eigenvalue weighted by Crippen LogP contribution is -2.39. The number of nitrogens with two attached hydrogens (primary N) is 1. The van der Waals surface area contributed by atoms with E-state index in [1.807, 2.05) is 6.07 Å². The minimum Gasteiger partial charge on any atom is -0.506 e. The van der Waals surface area contributed by atoms with E-state index in [9.17, 15) is 5.11 Å². The summed E-state index contributed by atoms with van der Waals surface area (Å²) in [6.07, 6.45) is 9.41. The van der Waals surface area contributed by atoms with Crippen molar-refractivity contribution in [2.24, 2.45) is 17.3 Å². The van der Waals surface area contributed by atoms with Crippen molar-refractivity contribution in [1.29, 1.82) is 0 Å². The summed E-state index contributed by atoms with van der Waals surface area (Å²) >= 11 is 0. The van der Waals surface area contributed by atoms with Crippen LogP contribution in [0.5, 0.6) is 5.75 Å². The van der Waals surface area contributed by atoms with Gasteiger partial charge >= 0.3 is 0 Å². The molecule has 2 heteroatoms. The van der Waals surface area contributed by atoms with Crippen molar-refractivity contribution >= 4 is 5.69 Å². The van der Waals surface area contributed by atoms with Gasteiger partial charge in [-0.15, -0.1) is 0 Å². The number of aryl methyl sites for hydroxylation is 1. The van der Waals surface area contributed by atoms with Gasteiger partial charge in [-0.25, -0.2) is 0 Å². The van der Waals surface area contributed by atoms with Crippen LogP contribution in [0.1, 0.15) is 62.5 Å². The number of phenols is 1. The topological polar surface area (TPSA) is 46.2 Å². The molecule has 0 heterocycles. The Morgan fingerprint density at radius 1 is 1.20 bits per heavy atom. The van der Waals surface area contributed by atoms with E-state index in [1.54, 1.807) is 0 Å². The SMILES string of the molecule is C[C@@]12CCC[C@H]1[C@@H]1CCc3cc(O)c(N)cc3[C@H]1CC2. The van der Waals surface area contributed by atoms with Gasteiger partial charge in [-0.1, -0.05) is 13.3 Å². The van der Waals surface area contributed by atoms with E-state index in [4.69, 9.17) is 5.73 Å². The van der Waals surface area contributed by atoms with Crippen LogP contribution < -0.4 is 5.73 Å². The van der Waals surface area contributed by atoms with Crippen LogP contribution >= 0.6 is 0 Å². The summed E-state index contributed by atoms with van der Waals surface area (Å²) in [5.41, 5.74) is 9.92. The zero-order chi connectivity index (χ0) is 13.9. The van der Waals surface area contributed by atoms with Crippen LogP contribution in [-0.4, -0.2) is 5.11 Å². The van der Waals surface area contributed by atoms with Crippen LogP contribution in [0, 0.1) is 17.3 Å². The zero-order valence-corrected chi connectivity index (χ0v) is 12.4. The van der Waals surface area contributed by atoms with E-state index >= 15 is 0 Å². The van der Waals surface area contributed by atoms with Gasteiger partial charge in [-0.05, 0) is 85.0 Å². The van der Waals surface area contributed by atoms with Crippen LogP contribution in [-0.2, 0) is 6.42 Å². The van der Waals surface area contributed by atoms with Gasteiger partial charge < -0.3 is 10.8 Å². The summed E-state index contributed by atoms with van der Waals surface area (Å²) in [7, 11) is 0. The van der Waals surface area contributed by atoms with Crippen LogP contribution in [0.25, 0.3) is 0 Å². The zero-order valence-electron chi connectivity index (χ0n) is 12.4. The summed E-state index contributed by atoms with van der Waals surface area (Å²) < 4.78 is 0. The second-order valence-corrected chi connectivity index (χ2v) is 7.61. The molecule has 0 spiro atoms. The second kappa shape index (κ2) is 4.16. The predicted molar refractivity (Wildman–Crippen MR) is 81.8 cm³/mol. The van der Waals surface area contributed by atoms with Gasteiger partial charge in [0.1, 0.15) is 5.75 Å². The van der Waals surface area contributed by atoms with Crippen molar-refractivity contribution < 1.29 is 5.11 Å². The van der Waals surface area contributed by atoms with E-state index in [1.165, 1.54) is 49.7 Å². The highest BCUT2D eigenvalue weighted by molar-refractivity contribution is 5.57. The van der Waals surface area contributed by atoms with Gasteiger partial charge in [0.05, 0.1) is 5.69 Å². The molecule has 0 aromatic heterocycles. The van der Waals surface area contributed by atoms with E-state index in [2.05, 4.69) is 13.0 Å². The first kappa shape index (κ1) is 12.6. The highest BCUT2D eigenvalue weighted by atomic mass is 16.3. The molecule has 0 unspecified atom stereocenters. The number of rotatable bonds is 0. The fraction of sp³-hybridized carbons (Fsp3) is 0.667. The van der Waals surface area contributed by atoms with E-state index in [0.29, 0.717) is 17.0 Å². The first-order valence-corrected chi connectivity index (χ1v) is 8.20. The van der Waals surface area contributed by atoms with E-state index in [-0.39, 0.29) is 5.75 Å². The molecule has 3 aliphatic rings. The first-order chi connectivity index (χ1) is 9.58. The lowest BCUT2D eigenvalue weighted by molar-refractivity contribution is 0.0598. The van der Waals surface area contributed by atoms with Crippen molar-refractivity contribution in [2.45, 2.75) is 57.8 Å². The standard InChI is InChI=1S/C18H25NO/c1-18-7-2-3-15(18)13-5-4-11-9-17(20)16(19)10-14(11)12(13)6-8-18/h9-10,12-13,15,20H,2-8,19H2,1H3/t12-,13+,15-,18-/m0/s1. The van der Waals surface area contributed by atoms with Crippen LogP contribution in [0.3, 0.4) is 0 Å². The number of benzene rings is 1. The summed E-state index contributed by atoms with van der Waals surface area (Å²) in [6.45, 7) is 2.53. The van der Waals surface area contributed by atoms with E-state index in [0.717, 1.165) is 18.3 Å². The molecule has 1 aromatic rings. The largest absolute Gasteiger partial charge is 0.506 e. The van der Waals surface area contributed by atoms with Crippen LogP contribution in [0.15, 0.2) is 12.1 Å². The Morgan fingerprint density at radius 2 is 2.05 bits per heavy atom. The minimum absolute atomic E-state index is 0.267. The molecule has 0 amide bonds. The number of hydrogen-bond acceptors (Lipinski definition) is 2. The fourth-order valence-corrected chi connectivity index (χ4v) is 5.62. The van der Waals surface area contributed by atoms with Crippen molar-refractivity contribution in [2.75, 3.05) is 5.73 Å². The average molecular weight is 271 g/mol. The number of aromatic hydroxyl groups is 1. The lowest BCUT2D eigenvalue weighted by atomic mass is 9.56. The summed E-state index contributed by atoms with van der Waals surface area (Å²) in [5, 5.41) is 9.84. The Hall–Kier alpha value is -1.18. The molecule has 4 rings (SSSR count). The molecular weight excluding hydrogens is 246 g/mol. The third-order valence-electron chi connectivity index (χ3n) is 6.65. The number of anilines is 1. The smallest absolute Gasteiger partial charge is 0.138 e. The molecule has 4 atom stereocenters. The molecule has 2 fully saturated rings. The Balaban J connectivity index is 1.74. The molecule has 0 aliphatic heterocycles. The van der Waals surface area contributed by atoms with Crippen molar-refractivity contribution in [1.82, 2.24) is 0 Å². The molecular formula is C18H25NO. The third-order valence-corrected chi connectivity index (χ3v) is 6.65. The Bertz CT molecular complexity index is 553. The molecule has 3 aliphatic carbocycles. The molecule has 3 N–H and O–H groups in total. The van der Waals surface area contributed by atoms with Crippen molar-refractivity contribution in [3.05, 3.63) is 23.3 Å². The predicted octanol–water partition coefficient (Wildman–Crippen LogP) is 4.22. The monoisotopic (exact) mass is 271 g/mol. The summed E-state index contributed by atoms with van der Waals surface area (Å²) in [4.78, 5) is 0. The lowest BCUT2D eigenvalue weighted by Gasteiger charge is -2.49. The maximum atomic E-state index is 9.84. The van der Waals surface area contributed by atoms with Crippen LogP contribution in [0.4, 0.5) is 5.69 Å². The van der Waals surface area contributed by atoms with Crippen molar-refractivity contribution in [3.63, 3.8) is 0 Å². The number of fused-ring (bicyclic) bond motifs is 5. The van der Waals surface area contributed by atoms with Gasteiger partial charge in [0.15, 0.2) is 0 Å². The molecule has 2 saturated carbocycles. The van der Waals surface area contributed by atoms with Crippen molar-refractivity contribution in [3.8, 4) is 5.75 Å². The minimum atomic E-state index is 0.267. The molecule has 2 nitrogen and oxygen atoms in total. The van der Waals surface area contributed by atoms with Crippen LogP contribution in [0.2, 0.25) is 0 Å². The molecule has 20 heavy (non-hydrogen) atoms. The Labute approximate surface area is 121 Å². The molecule has 108 valence electrons. The normalized spacial score (nSPS) is 39.0. The third kappa shape index (κ3) is 1.63. The molecule has 0 saturated heterocycles. The van der Waals surface area contributed by atoms with Gasteiger partial charge in [-0.3, -0.25) is 0 Å². The average Bonchev–Trinajstić information content (AvgIpc) is 2.82. The number of phenolic OH excluding ortho intramolecular Hbond substituents is 1. The highest BCUT2D eigenvalue weighted by Crippen LogP contribution is 2.61. The number of nitrogen functional groups attached to an aromatic ring is 1. The van der Waals surface area contributed by atoms with Gasteiger partial charge in [-0.2, -0.15) is 0 Å². The molecule has 0 radical (unpaired) electrons. The molecule has 1 aromatic carbocycles. The summed E-state index contributed by atoms with van der Waals surface area (Å²) in [6, 6.07) is 3.99. The quantitative estimate of drug-likeness (QED) is 0.548. The molecule has 0 bridgehead atoms. The summed E-state index contributed by atoms with van der Waals surface area (Å²) in [5.74, 6) is 2.73. The Morgan fingerprint density at radius 3 is 2.90 bits per heavy atom. The maximum absolute atomic E-state index is 9.84. The van der Waals surface area contributed by atoms with Gasteiger partial charge in [0.2, 0.25) is 0 Å². The fourth-order valence-electron chi connectivity index (χ4n) is 5.62. The van der Waals surface area contributed by atoms with E-state index < -0.39 is 0 Å². The maximum Gasteiger partial charge on any atom is 0.138 e. The van der Waals surface area contributed by atoms with Gasteiger partial charge in [0, 0.05) is 0 Å². The second-order valence-electron chi connectivity index (χ2n) is 7.61. The highest BCUT2D eigenvalue weighted by Gasteiger charge is 2.50. The number of hydrogen-bond donors (Lipinski definition) is 2. The first-order valence-electron chi connectivity index (χ1n) is 8.20.